The normalized spacial score (nSPS) is 29.4. The number of esters is 1. The maximum atomic E-state index is 15.1. The first-order chi connectivity index (χ1) is 37.1. The van der Waals surface area contributed by atoms with Crippen LogP contribution in [0.1, 0.15) is 119 Å². The fraction of sp³-hybridized carbons (Fsp3) is 0.567. The molecule has 1 aliphatic carbocycles. The third kappa shape index (κ3) is 11.7. The number of Topliss-reactive ketones (excluding diaryl/α,β-unsaturated/α-hetero) is 2. The lowest BCUT2D eigenvalue weighted by Gasteiger charge is -2.39. The van der Waals surface area contributed by atoms with Crippen molar-refractivity contribution in [1.29, 1.82) is 0 Å². The van der Waals surface area contributed by atoms with Crippen molar-refractivity contribution in [3.05, 3.63) is 99.9 Å². The topological polar surface area (TPSA) is 187 Å². The predicted octanol–water partition coefficient (Wildman–Crippen LogP) is 7.85. The molecule has 5 aliphatic heterocycles. The van der Waals surface area contributed by atoms with E-state index in [1.165, 1.54) is 32.4 Å². The van der Waals surface area contributed by atoms with Gasteiger partial charge in [0.05, 0.1) is 48.1 Å². The third-order valence-corrected chi connectivity index (χ3v) is 16.5. The number of amides is 2. The Balaban J connectivity index is 1.12. The predicted molar refractivity (Wildman–Crippen MR) is 294 cm³/mol. The molecule has 18 heteroatoms. The number of allylic oxidation sites excluding steroid dienone is 5. The van der Waals surface area contributed by atoms with Crippen LogP contribution in [0.25, 0.3) is 0 Å². The van der Waals surface area contributed by atoms with E-state index < -0.39 is 65.5 Å². The second-order valence-corrected chi connectivity index (χ2v) is 22.6. The standard InChI is InChI=1S/C60H79FN6O11/c1-34(2)33-65-27-23-60(24-28-65)63-48-45-46-51(70)50(49(48)64-60)62-58(72)37(5)17-13-16-35(3)52(73-10)38(6)54(74-11)39(7)53(36(4)18-14-31-76-59(9)57(71)47(45)56(78-59)40(8)55(46)75-12)77-44(69)32-43(68)67-26-15-25-66(29-30-67)42-21-19-41(61)20-22-42/h13-14,16-17,19-22,31,34-36,38-39,52-54,64H,15,18,23-30,32-33H2,1-12H3,(H,62,72)/b16-13+,31-14+,37-17-/t35-,36+,38+,39-,52-,53+,54+,59-/m0/s1. The second-order valence-electron chi connectivity index (χ2n) is 22.6. The van der Waals surface area contributed by atoms with Crippen molar-refractivity contribution in [2.24, 2.45) is 34.6 Å². The van der Waals surface area contributed by atoms with Gasteiger partial charge in [-0.25, -0.2) is 4.39 Å². The fourth-order valence-corrected chi connectivity index (χ4v) is 12.4. The molecule has 1 spiro atoms. The Morgan fingerprint density at radius 1 is 0.872 bits per heavy atom. The van der Waals surface area contributed by atoms with E-state index in [-0.39, 0.29) is 63.4 Å². The number of halogens is 1. The average Bonchev–Trinajstić information content (AvgIpc) is 3.91. The van der Waals surface area contributed by atoms with Gasteiger partial charge >= 0.3 is 11.8 Å². The van der Waals surface area contributed by atoms with Crippen LogP contribution in [0.5, 0.6) is 11.5 Å². The number of fused-ring (bicyclic) bond motifs is 3. The number of ether oxygens (including phenoxy) is 6. The molecule has 0 radical (unpaired) electrons. The first kappa shape index (κ1) is 57.8. The van der Waals surface area contributed by atoms with Gasteiger partial charge in [-0.1, -0.05) is 59.8 Å². The van der Waals surface area contributed by atoms with Crippen LogP contribution >= 0.6 is 0 Å². The van der Waals surface area contributed by atoms with E-state index in [4.69, 9.17) is 33.4 Å². The molecule has 8 rings (SSSR count). The van der Waals surface area contributed by atoms with Crippen LogP contribution in [0.3, 0.4) is 0 Å². The minimum atomic E-state index is -1.89. The number of aliphatic imine (C=N–C) groups is 1. The van der Waals surface area contributed by atoms with Gasteiger partial charge in [-0.2, -0.15) is 0 Å². The molecule has 0 unspecified atom stereocenters. The summed E-state index contributed by atoms with van der Waals surface area (Å²) in [4.78, 5) is 83.9. The van der Waals surface area contributed by atoms with E-state index in [1.54, 1.807) is 63.3 Å². The highest BCUT2D eigenvalue weighted by Gasteiger charge is 2.55. The molecular weight excluding hydrogens is 1000 g/mol. The zero-order chi connectivity index (χ0) is 56.4. The van der Waals surface area contributed by atoms with Gasteiger partial charge in [0.15, 0.2) is 0 Å². The summed E-state index contributed by atoms with van der Waals surface area (Å²) in [5.74, 6) is -5.28. The van der Waals surface area contributed by atoms with Crippen LogP contribution in [0.2, 0.25) is 0 Å². The summed E-state index contributed by atoms with van der Waals surface area (Å²) < 4.78 is 51.3. The Bertz CT molecular complexity index is 2800. The Morgan fingerprint density at radius 3 is 2.23 bits per heavy atom. The second kappa shape index (κ2) is 23.9. The zero-order valence-corrected chi connectivity index (χ0v) is 47.5. The number of benzene rings is 2. The number of hydrogen-bond acceptors (Lipinski definition) is 15. The quantitative estimate of drug-likeness (QED) is 0.183. The van der Waals surface area contributed by atoms with Crippen LogP contribution in [-0.2, 0) is 33.3 Å². The summed E-state index contributed by atoms with van der Waals surface area (Å²) in [6.07, 6.45) is 8.59. The van der Waals surface area contributed by atoms with E-state index >= 15 is 9.59 Å². The summed E-state index contributed by atoms with van der Waals surface area (Å²) >= 11 is 0. The number of nitrogens with one attached hydrogen (secondary N) is 2. The lowest BCUT2D eigenvalue weighted by molar-refractivity contribution is -0.164. The lowest BCUT2D eigenvalue weighted by atomic mass is 9.78. The molecule has 422 valence electrons. The number of methoxy groups -OCH3 is 3. The molecule has 17 nitrogen and oxygen atoms in total. The summed E-state index contributed by atoms with van der Waals surface area (Å²) in [6.45, 7) is 21.6. The summed E-state index contributed by atoms with van der Waals surface area (Å²) in [5, 5.41) is 6.55. The van der Waals surface area contributed by atoms with Gasteiger partial charge in [0, 0.05) is 120 Å². The van der Waals surface area contributed by atoms with Gasteiger partial charge in [0.2, 0.25) is 11.7 Å². The Hall–Kier alpha value is -6.37. The summed E-state index contributed by atoms with van der Waals surface area (Å²) in [7, 11) is 4.69. The molecule has 5 bridgehead atoms. The third-order valence-electron chi connectivity index (χ3n) is 16.5. The number of carbonyl (C=O) groups excluding carboxylic acids is 5. The maximum absolute atomic E-state index is 15.1. The Morgan fingerprint density at radius 2 is 1.56 bits per heavy atom. The summed E-state index contributed by atoms with van der Waals surface area (Å²) in [5.41, 5.74) is 1.90. The molecule has 6 aliphatic rings. The molecule has 0 aromatic heterocycles. The number of likely N-dealkylation sites (tertiary alicyclic amines) is 1. The largest absolute Gasteiger partial charge is 0.496 e. The SMILES string of the molecule is COc1c(C)c2c3c4c1C(=O)C(=C1NC5(CCN(CC(C)C)CC5)N=C14)NC(=O)/C(C)=C\C=C\[C@H](C)[C@H](OC)[C@@H](C)[C@@H](OC)[C@@H](C)[C@H](OC(=O)CC(=O)N1CCCN(c4ccc(F)cc4)CC1)[C@H](C)C/C=C/O[C@@](C)(O2)C3=O. The minimum Gasteiger partial charge on any atom is -0.496 e. The van der Waals surface area contributed by atoms with Crippen molar-refractivity contribution in [3.63, 3.8) is 0 Å². The molecular formula is C60H79FN6O11. The van der Waals surface area contributed by atoms with E-state index in [0.29, 0.717) is 80.3 Å². The molecule has 8 atom stereocenters. The zero-order valence-electron chi connectivity index (χ0n) is 47.5. The van der Waals surface area contributed by atoms with Crippen LogP contribution in [0.4, 0.5) is 10.1 Å². The maximum Gasteiger partial charge on any atom is 0.315 e. The van der Waals surface area contributed by atoms with Gasteiger partial charge in [-0.3, -0.25) is 29.0 Å². The Labute approximate surface area is 458 Å². The number of ketones is 2. The molecule has 2 N–H and O–H groups in total. The smallest absolute Gasteiger partial charge is 0.315 e. The molecule has 5 heterocycles. The molecule has 2 saturated heterocycles. The number of anilines is 1. The van der Waals surface area contributed by atoms with E-state index in [1.807, 2.05) is 33.8 Å². The van der Waals surface area contributed by atoms with Gasteiger partial charge in [-0.05, 0) is 68.9 Å². The molecule has 78 heavy (non-hydrogen) atoms. The van der Waals surface area contributed by atoms with Crippen LogP contribution < -0.4 is 25.0 Å². The Kier molecular flexibility index (Phi) is 17.7. The van der Waals surface area contributed by atoms with Crippen LogP contribution in [0.15, 0.2) is 76.8 Å². The number of nitrogens with zero attached hydrogens (tertiary/aromatic N) is 4. The molecule has 0 saturated carbocycles. The van der Waals surface area contributed by atoms with Crippen molar-refractivity contribution in [2.45, 2.75) is 124 Å². The van der Waals surface area contributed by atoms with Gasteiger partial charge in [0.1, 0.15) is 41.2 Å². The van der Waals surface area contributed by atoms with Gasteiger partial charge in [0.25, 0.3) is 11.7 Å². The van der Waals surface area contributed by atoms with E-state index in [0.717, 1.165) is 25.3 Å². The highest BCUT2D eigenvalue weighted by molar-refractivity contribution is 6.34. The minimum absolute atomic E-state index is 0.00408. The van der Waals surface area contributed by atoms with Crippen molar-refractivity contribution in [2.75, 3.05) is 72.0 Å². The van der Waals surface area contributed by atoms with Crippen LogP contribution in [0, 0.1) is 42.3 Å². The van der Waals surface area contributed by atoms with E-state index in [9.17, 15) is 18.8 Å². The molecule has 2 amide bonds. The highest BCUT2D eigenvalue weighted by atomic mass is 19.1. The molecule has 2 aromatic carbocycles. The van der Waals surface area contributed by atoms with Gasteiger partial charge < -0.3 is 53.8 Å². The van der Waals surface area contributed by atoms with Crippen molar-refractivity contribution >= 4 is 40.7 Å². The molecule has 2 aromatic rings. The average molecular weight is 1080 g/mol. The number of carbonyl (C=O) groups is 5. The number of hydrogen-bond donors (Lipinski definition) is 2. The monoisotopic (exact) mass is 1080 g/mol. The fourth-order valence-electron chi connectivity index (χ4n) is 12.4. The van der Waals surface area contributed by atoms with Crippen LogP contribution in [-0.4, -0.2) is 142 Å². The van der Waals surface area contributed by atoms with Crippen molar-refractivity contribution in [3.8, 4) is 11.5 Å². The van der Waals surface area contributed by atoms with Crippen molar-refractivity contribution in [1.82, 2.24) is 20.4 Å². The first-order valence-corrected chi connectivity index (χ1v) is 27.6. The van der Waals surface area contributed by atoms with Crippen molar-refractivity contribution < 1.29 is 56.8 Å². The van der Waals surface area contributed by atoms with E-state index in [2.05, 4.69) is 34.3 Å². The van der Waals surface area contributed by atoms with Gasteiger partial charge in [-0.15, -0.1) is 0 Å². The lowest BCUT2D eigenvalue weighted by Crippen LogP contribution is -2.50. The first-order valence-electron chi connectivity index (χ1n) is 27.6. The summed E-state index contributed by atoms with van der Waals surface area (Å²) in [6, 6.07) is 6.28. The number of piperidine rings is 1. The highest BCUT2D eigenvalue weighted by Crippen LogP contribution is 2.50. The number of rotatable bonds is 9. The molecule has 2 fully saturated rings.